The monoisotopic (exact) mass is 329 g/mol. The van der Waals surface area contributed by atoms with Gasteiger partial charge in [-0.15, -0.1) is 0 Å². The number of amides is 1. The molecule has 24 heavy (non-hydrogen) atoms. The predicted molar refractivity (Wildman–Crippen MR) is 87.5 cm³/mol. The molecule has 0 spiro atoms. The van der Waals surface area contributed by atoms with E-state index in [0.29, 0.717) is 17.5 Å². The highest BCUT2D eigenvalue weighted by Gasteiger charge is 2.33. The van der Waals surface area contributed by atoms with Crippen LogP contribution in [-0.2, 0) is 6.54 Å². The van der Waals surface area contributed by atoms with E-state index in [1.54, 1.807) is 12.4 Å². The van der Waals surface area contributed by atoms with Crippen molar-refractivity contribution in [2.45, 2.75) is 45.2 Å². The highest BCUT2D eigenvalue weighted by molar-refractivity contribution is 5.92. The average molecular weight is 329 g/mol. The van der Waals surface area contributed by atoms with Crippen LogP contribution in [0.4, 0.5) is 0 Å². The van der Waals surface area contributed by atoms with Gasteiger partial charge in [-0.3, -0.25) is 9.69 Å². The Morgan fingerprint density at radius 1 is 1.46 bits per heavy atom. The van der Waals surface area contributed by atoms with Crippen LogP contribution in [0.2, 0.25) is 0 Å². The van der Waals surface area contributed by atoms with Gasteiger partial charge in [-0.2, -0.15) is 0 Å². The third-order valence-corrected chi connectivity index (χ3v) is 5.06. The van der Waals surface area contributed by atoms with Crippen LogP contribution in [0.15, 0.2) is 16.9 Å². The van der Waals surface area contributed by atoms with Gasteiger partial charge in [-0.25, -0.2) is 4.98 Å². The summed E-state index contributed by atoms with van der Waals surface area (Å²) in [6.45, 7) is 6.79. The second-order valence-corrected chi connectivity index (χ2v) is 7.11. The Hall–Kier alpha value is -2.15. The molecule has 1 amide bonds. The van der Waals surface area contributed by atoms with E-state index in [-0.39, 0.29) is 11.9 Å². The number of carbonyl (C=O) groups is 1. The van der Waals surface area contributed by atoms with Gasteiger partial charge in [-0.05, 0) is 25.7 Å². The Kier molecular flexibility index (Phi) is 3.88. The number of imidazole rings is 1. The Morgan fingerprint density at radius 2 is 2.29 bits per heavy atom. The van der Waals surface area contributed by atoms with Crippen molar-refractivity contribution < 1.29 is 9.32 Å². The van der Waals surface area contributed by atoms with Crippen LogP contribution in [0.25, 0.3) is 0 Å². The lowest BCUT2D eigenvalue weighted by Gasteiger charge is -2.16. The molecule has 2 aromatic rings. The Bertz CT molecular complexity index is 733. The average Bonchev–Trinajstić information content (AvgIpc) is 2.98. The lowest BCUT2D eigenvalue weighted by molar-refractivity contribution is 0.0922. The van der Waals surface area contributed by atoms with Gasteiger partial charge in [0.1, 0.15) is 5.76 Å². The normalized spacial score (nSPS) is 24.4. The van der Waals surface area contributed by atoms with Crippen molar-refractivity contribution in [3.05, 3.63) is 35.2 Å². The van der Waals surface area contributed by atoms with E-state index in [1.807, 2.05) is 6.92 Å². The molecule has 1 saturated heterocycles. The number of H-pyrrole nitrogens is 1. The van der Waals surface area contributed by atoms with E-state index in [1.165, 1.54) is 0 Å². The van der Waals surface area contributed by atoms with E-state index >= 15 is 0 Å². The number of aromatic nitrogens is 3. The van der Waals surface area contributed by atoms with E-state index in [4.69, 9.17) is 4.52 Å². The number of aromatic amines is 1. The number of carbonyl (C=O) groups excluding carboxylic acids is 1. The van der Waals surface area contributed by atoms with E-state index in [0.717, 1.165) is 49.6 Å². The standard InChI is InChI=1S/C17H23N5O2/c1-10-6-22(8-15-11(2)18-9-19-15)7-14(10)20-17(23)13-5-16(24-21-13)12-3-4-12/h5,9-10,12,14H,3-4,6-8H2,1-2H3,(H,18,19)(H,20,23)/t10-,14+/m0/s1. The number of aryl methyl sites for hydroxylation is 1. The van der Waals surface area contributed by atoms with Gasteiger partial charge in [0.05, 0.1) is 17.7 Å². The molecule has 1 aliphatic carbocycles. The largest absolute Gasteiger partial charge is 0.360 e. The molecule has 3 heterocycles. The summed E-state index contributed by atoms with van der Waals surface area (Å²) >= 11 is 0. The van der Waals surface area contributed by atoms with Crippen LogP contribution >= 0.6 is 0 Å². The maximum Gasteiger partial charge on any atom is 0.273 e. The number of likely N-dealkylation sites (tertiary alicyclic amines) is 1. The first-order valence-corrected chi connectivity index (χ1v) is 8.59. The van der Waals surface area contributed by atoms with E-state index < -0.39 is 0 Å². The molecule has 0 radical (unpaired) electrons. The van der Waals surface area contributed by atoms with Crippen molar-refractivity contribution in [3.8, 4) is 0 Å². The summed E-state index contributed by atoms with van der Waals surface area (Å²) < 4.78 is 5.27. The van der Waals surface area contributed by atoms with Crippen molar-refractivity contribution >= 4 is 5.91 Å². The molecule has 0 bridgehead atoms. The fourth-order valence-corrected chi connectivity index (χ4v) is 3.36. The summed E-state index contributed by atoms with van der Waals surface area (Å²) in [5.74, 6) is 1.57. The first-order chi connectivity index (χ1) is 11.6. The van der Waals surface area contributed by atoms with Gasteiger partial charge in [0, 0.05) is 37.7 Å². The van der Waals surface area contributed by atoms with Gasteiger partial charge in [-0.1, -0.05) is 12.1 Å². The molecule has 2 fully saturated rings. The van der Waals surface area contributed by atoms with Gasteiger partial charge in [0.2, 0.25) is 0 Å². The molecule has 4 rings (SSSR count). The van der Waals surface area contributed by atoms with E-state index in [2.05, 4.69) is 32.3 Å². The number of rotatable bonds is 5. The van der Waals surface area contributed by atoms with E-state index in [9.17, 15) is 4.79 Å². The molecule has 2 aromatic heterocycles. The molecular formula is C17H23N5O2. The minimum atomic E-state index is -0.137. The lowest BCUT2D eigenvalue weighted by Crippen LogP contribution is -2.40. The zero-order valence-electron chi connectivity index (χ0n) is 14.1. The highest BCUT2D eigenvalue weighted by Crippen LogP contribution is 2.40. The molecule has 2 atom stereocenters. The molecule has 2 aliphatic rings. The highest BCUT2D eigenvalue weighted by atomic mass is 16.5. The Morgan fingerprint density at radius 3 is 3.00 bits per heavy atom. The Labute approximate surface area is 140 Å². The Balaban J connectivity index is 1.35. The maximum atomic E-state index is 12.4. The van der Waals surface area contributed by atoms with Crippen LogP contribution in [0.1, 0.15) is 53.3 Å². The van der Waals surface area contributed by atoms with Crippen LogP contribution in [0.3, 0.4) is 0 Å². The minimum Gasteiger partial charge on any atom is -0.360 e. The molecule has 7 nitrogen and oxygen atoms in total. The molecule has 0 aromatic carbocycles. The first-order valence-electron chi connectivity index (χ1n) is 8.59. The summed E-state index contributed by atoms with van der Waals surface area (Å²) in [5.41, 5.74) is 2.57. The maximum absolute atomic E-state index is 12.4. The molecule has 7 heteroatoms. The quantitative estimate of drug-likeness (QED) is 0.874. The third kappa shape index (κ3) is 3.08. The summed E-state index contributed by atoms with van der Waals surface area (Å²) in [7, 11) is 0. The fourth-order valence-electron chi connectivity index (χ4n) is 3.36. The van der Waals surface area contributed by atoms with Crippen molar-refractivity contribution in [3.63, 3.8) is 0 Å². The van der Waals surface area contributed by atoms with Crippen molar-refractivity contribution in [2.24, 2.45) is 5.92 Å². The fraction of sp³-hybridized carbons (Fsp3) is 0.588. The number of hydrogen-bond acceptors (Lipinski definition) is 5. The minimum absolute atomic E-state index is 0.127. The number of nitrogens with one attached hydrogen (secondary N) is 2. The summed E-state index contributed by atoms with van der Waals surface area (Å²) in [4.78, 5) is 22.2. The van der Waals surface area contributed by atoms with Gasteiger partial charge < -0.3 is 14.8 Å². The van der Waals surface area contributed by atoms with Crippen molar-refractivity contribution in [1.82, 2.24) is 25.3 Å². The molecule has 128 valence electrons. The SMILES string of the molecule is Cc1nc[nH]c1CN1C[C@H](C)[C@H](NC(=O)c2cc(C3CC3)on2)C1. The number of nitrogens with zero attached hydrogens (tertiary/aromatic N) is 3. The third-order valence-electron chi connectivity index (χ3n) is 5.06. The number of hydrogen-bond donors (Lipinski definition) is 2. The van der Waals surface area contributed by atoms with Gasteiger partial charge in [0.15, 0.2) is 5.69 Å². The second-order valence-electron chi connectivity index (χ2n) is 7.11. The molecule has 1 saturated carbocycles. The summed E-state index contributed by atoms with van der Waals surface area (Å²) in [6, 6.07) is 1.92. The van der Waals surface area contributed by atoms with Crippen LogP contribution in [0, 0.1) is 12.8 Å². The van der Waals surface area contributed by atoms with Crippen LogP contribution in [-0.4, -0.2) is 45.1 Å². The lowest BCUT2D eigenvalue weighted by atomic mass is 10.1. The summed E-state index contributed by atoms with van der Waals surface area (Å²) in [5, 5.41) is 7.03. The van der Waals surface area contributed by atoms with Crippen molar-refractivity contribution in [1.29, 1.82) is 0 Å². The smallest absolute Gasteiger partial charge is 0.273 e. The van der Waals surface area contributed by atoms with Crippen LogP contribution < -0.4 is 5.32 Å². The molecule has 0 unspecified atom stereocenters. The first kappa shape index (κ1) is 15.4. The second kappa shape index (κ2) is 6.05. The zero-order valence-corrected chi connectivity index (χ0v) is 14.1. The van der Waals surface area contributed by atoms with Gasteiger partial charge in [0.25, 0.3) is 5.91 Å². The predicted octanol–water partition coefficient (Wildman–Crippen LogP) is 1.83. The molecule has 2 N–H and O–H groups in total. The van der Waals surface area contributed by atoms with Crippen molar-refractivity contribution in [2.75, 3.05) is 13.1 Å². The zero-order chi connectivity index (χ0) is 16.7. The topological polar surface area (TPSA) is 87.0 Å². The van der Waals surface area contributed by atoms with Gasteiger partial charge >= 0.3 is 0 Å². The molecular weight excluding hydrogens is 306 g/mol. The molecule has 1 aliphatic heterocycles. The summed E-state index contributed by atoms with van der Waals surface area (Å²) in [6.07, 6.45) is 4.00. The van der Waals surface area contributed by atoms with Crippen LogP contribution in [0.5, 0.6) is 0 Å².